The summed E-state index contributed by atoms with van der Waals surface area (Å²) in [7, 11) is 0. The molecule has 0 aromatic heterocycles. The van der Waals surface area contributed by atoms with Gasteiger partial charge in [0.05, 0.1) is 6.61 Å². The van der Waals surface area contributed by atoms with Crippen molar-refractivity contribution in [3.63, 3.8) is 0 Å². The van der Waals surface area contributed by atoms with E-state index in [9.17, 15) is 4.79 Å². The fourth-order valence-corrected chi connectivity index (χ4v) is 0.314. The molecule has 0 spiro atoms. The van der Waals surface area contributed by atoms with E-state index in [4.69, 9.17) is 6.58 Å². The van der Waals surface area contributed by atoms with Crippen molar-refractivity contribution in [2.75, 3.05) is 6.61 Å². The monoisotopic (exact) mass is 177 g/mol. The van der Waals surface area contributed by atoms with E-state index >= 15 is 0 Å². The normalized spacial score (nSPS) is 8.25. The summed E-state index contributed by atoms with van der Waals surface area (Å²) in [5.74, 6) is -0.507. The molecule has 8 heavy (non-hydrogen) atoms. The summed E-state index contributed by atoms with van der Waals surface area (Å²) in [6.45, 7) is 7.05. The maximum absolute atomic E-state index is 10.3. The second-order valence-electron chi connectivity index (χ2n) is 1.07. The summed E-state index contributed by atoms with van der Waals surface area (Å²) in [6, 6.07) is 0. The van der Waals surface area contributed by atoms with Crippen molar-refractivity contribution in [2.24, 2.45) is 0 Å². The van der Waals surface area contributed by atoms with Crippen molar-refractivity contribution < 1.29 is 9.53 Å². The number of carbonyl (C=O) groups excluding carboxylic acids is 1. The molecule has 0 N–H and O–H groups in total. The Bertz CT molecular complexity index is 109. The zero-order valence-electron chi connectivity index (χ0n) is 4.48. The molecule has 0 unspecified atom stereocenters. The van der Waals surface area contributed by atoms with Crippen molar-refractivity contribution in [2.45, 2.75) is 6.92 Å². The minimum absolute atomic E-state index is 0.0133. The molecule has 0 saturated carbocycles. The molecule has 0 aliphatic rings. The number of hydrogen-bond donors (Lipinski definition) is 0. The van der Waals surface area contributed by atoms with Gasteiger partial charge in [-0.15, -0.1) is 0 Å². The molecule has 0 atom stereocenters. The lowest BCUT2D eigenvalue weighted by atomic mass is 10.6. The van der Waals surface area contributed by atoms with Crippen LogP contribution in [0.3, 0.4) is 0 Å². The smallest absolute Gasteiger partial charge is 0.345 e. The van der Waals surface area contributed by atoms with Gasteiger partial charge in [0.2, 0.25) is 0 Å². The van der Waals surface area contributed by atoms with Crippen LogP contribution < -0.4 is 0 Å². The number of rotatable bonds is 2. The fraction of sp³-hybridized carbons (Fsp3) is 0.400. The molecule has 0 aliphatic carbocycles. The van der Waals surface area contributed by atoms with E-state index in [2.05, 4.69) is 20.7 Å². The molecule has 0 rings (SSSR count). The van der Waals surface area contributed by atoms with E-state index in [1.54, 1.807) is 6.92 Å². The fourth-order valence-electron chi connectivity index (χ4n) is 0.200. The average Bonchev–Trinajstić information content (AvgIpc) is 1.67. The molecule has 0 saturated heterocycles. The first-order valence-electron chi connectivity index (χ1n) is 2.13. The Labute approximate surface area is 56.7 Å². The molecular formula is C5H6BrO2. The standard InChI is InChI=1S/C5H6BrO2/c1-3-8-5(7)4(2)6/h2H,3H2,1H3. The van der Waals surface area contributed by atoms with Crippen LogP contribution in [-0.2, 0) is 9.53 Å². The lowest BCUT2D eigenvalue weighted by Crippen LogP contribution is -2.01. The van der Waals surface area contributed by atoms with Crippen molar-refractivity contribution in [3.8, 4) is 0 Å². The summed E-state index contributed by atoms with van der Waals surface area (Å²) in [4.78, 5) is 10.3. The SMILES string of the molecule is [CH]=C(Br)C(=O)OCC. The Morgan fingerprint density at radius 2 is 2.38 bits per heavy atom. The van der Waals surface area contributed by atoms with Crippen molar-refractivity contribution in [3.05, 3.63) is 11.1 Å². The van der Waals surface area contributed by atoms with Gasteiger partial charge in [0.1, 0.15) is 4.48 Å². The van der Waals surface area contributed by atoms with Gasteiger partial charge in [-0.2, -0.15) is 0 Å². The third-order valence-corrected chi connectivity index (χ3v) is 0.794. The molecule has 2 nitrogen and oxygen atoms in total. The maximum atomic E-state index is 10.3. The van der Waals surface area contributed by atoms with Crippen molar-refractivity contribution >= 4 is 21.9 Å². The van der Waals surface area contributed by atoms with Gasteiger partial charge >= 0.3 is 5.97 Å². The van der Waals surface area contributed by atoms with Crippen LogP contribution >= 0.6 is 15.9 Å². The van der Waals surface area contributed by atoms with E-state index in [0.717, 1.165) is 0 Å². The highest BCUT2D eigenvalue weighted by Gasteiger charge is 2.00. The van der Waals surface area contributed by atoms with Gasteiger partial charge in [-0.05, 0) is 29.4 Å². The summed E-state index contributed by atoms with van der Waals surface area (Å²) in [5, 5.41) is 0. The quantitative estimate of drug-likeness (QED) is 0.470. The first-order chi connectivity index (χ1) is 3.68. The Morgan fingerprint density at radius 3 is 2.50 bits per heavy atom. The van der Waals surface area contributed by atoms with Crippen LogP contribution in [0.2, 0.25) is 0 Å². The zero-order valence-corrected chi connectivity index (χ0v) is 6.06. The molecule has 0 bridgehead atoms. The second-order valence-corrected chi connectivity index (χ2v) is 1.92. The second kappa shape index (κ2) is 3.66. The van der Waals surface area contributed by atoms with Crippen LogP contribution in [0.15, 0.2) is 4.48 Å². The maximum Gasteiger partial charge on any atom is 0.345 e. The summed E-state index contributed by atoms with van der Waals surface area (Å²) < 4.78 is 4.47. The first kappa shape index (κ1) is 7.69. The van der Waals surface area contributed by atoms with E-state index in [-0.39, 0.29) is 4.48 Å². The Morgan fingerprint density at radius 1 is 1.88 bits per heavy atom. The molecule has 0 aliphatic heterocycles. The Kier molecular flexibility index (Phi) is 3.52. The third-order valence-electron chi connectivity index (χ3n) is 0.470. The molecular weight excluding hydrogens is 172 g/mol. The van der Waals surface area contributed by atoms with Gasteiger partial charge in [0.25, 0.3) is 0 Å². The van der Waals surface area contributed by atoms with Crippen LogP contribution in [0.25, 0.3) is 0 Å². The third kappa shape index (κ3) is 2.80. The topological polar surface area (TPSA) is 26.3 Å². The van der Waals surface area contributed by atoms with Gasteiger partial charge in [0.15, 0.2) is 0 Å². The highest BCUT2D eigenvalue weighted by Crippen LogP contribution is 2.01. The van der Waals surface area contributed by atoms with Gasteiger partial charge in [0, 0.05) is 0 Å². The Balaban J connectivity index is 3.49. The summed E-state index contributed by atoms with van der Waals surface area (Å²) in [6.07, 6.45) is 0. The molecule has 0 amide bonds. The first-order valence-corrected chi connectivity index (χ1v) is 2.92. The van der Waals surface area contributed by atoms with Crippen LogP contribution in [0.1, 0.15) is 6.92 Å². The van der Waals surface area contributed by atoms with Crippen LogP contribution in [-0.4, -0.2) is 12.6 Å². The molecule has 3 heteroatoms. The zero-order chi connectivity index (χ0) is 6.57. The lowest BCUT2D eigenvalue weighted by Gasteiger charge is -1.95. The van der Waals surface area contributed by atoms with E-state index in [0.29, 0.717) is 6.61 Å². The van der Waals surface area contributed by atoms with Crippen LogP contribution in [0, 0.1) is 6.58 Å². The number of ether oxygens (including phenoxy) is 1. The highest BCUT2D eigenvalue weighted by molar-refractivity contribution is 9.12. The number of carbonyl (C=O) groups is 1. The molecule has 0 fully saturated rings. The molecule has 0 aromatic carbocycles. The minimum atomic E-state index is -0.507. The number of hydrogen-bond acceptors (Lipinski definition) is 2. The summed E-state index contributed by atoms with van der Waals surface area (Å²) >= 11 is 2.76. The highest BCUT2D eigenvalue weighted by atomic mass is 79.9. The van der Waals surface area contributed by atoms with Gasteiger partial charge in [-0.3, -0.25) is 0 Å². The lowest BCUT2D eigenvalue weighted by molar-refractivity contribution is -0.137. The van der Waals surface area contributed by atoms with Gasteiger partial charge in [-0.1, -0.05) is 0 Å². The minimum Gasteiger partial charge on any atom is -0.462 e. The predicted molar refractivity (Wildman–Crippen MR) is 33.4 cm³/mol. The van der Waals surface area contributed by atoms with E-state index < -0.39 is 5.97 Å². The average molecular weight is 178 g/mol. The van der Waals surface area contributed by atoms with Gasteiger partial charge in [-0.25, -0.2) is 4.79 Å². The van der Waals surface area contributed by atoms with Crippen molar-refractivity contribution in [1.82, 2.24) is 0 Å². The molecule has 1 radical (unpaired) electrons. The van der Waals surface area contributed by atoms with E-state index in [1.807, 2.05) is 0 Å². The molecule has 0 heterocycles. The molecule has 0 aromatic rings. The summed E-state index contributed by atoms with van der Waals surface area (Å²) in [5.41, 5.74) is 0. The van der Waals surface area contributed by atoms with Crippen LogP contribution in [0.5, 0.6) is 0 Å². The van der Waals surface area contributed by atoms with Crippen molar-refractivity contribution in [1.29, 1.82) is 0 Å². The van der Waals surface area contributed by atoms with E-state index in [1.165, 1.54) is 0 Å². The number of esters is 1. The number of halogens is 1. The Hall–Kier alpha value is -0.310. The molecule has 45 valence electrons. The van der Waals surface area contributed by atoms with Crippen LogP contribution in [0.4, 0.5) is 0 Å². The van der Waals surface area contributed by atoms with Gasteiger partial charge < -0.3 is 4.74 Å². The predicted octanol–water partition coefficient (Wildman–Crippen LogP) is 1.26. The largest absolute Gasteiger partial charge is 0.462 e.